The van der Waals surface area contributed by atoms with Crippen LogP contribution in [0.1, 0.15) is 31.9 Å². The fourth-order valence-corrected chi connectivity index (χ4v) is 1.59. The zero-order valence-electron chi connectivity index (χ0n) is 8.00. The number of pyridine rings is 1. The minimum Gasteiger partial charge on any atom is -0.324 e. The fraction of sp³-hybridized carbons (Fsp3) is 0.500. The Hall–Kier alpha value is -0.410. The van der Waals surface area contributed by atoms with Crippen LogP contribution in [0.15, 0.2) is 22.9 Å². The highest BCUT2D eigenvalue weighted by molar-refractivity contribution is 9.10. The lowest BCUT2D eigenvalue weighted by molar-refractivity contribution is 0.456. The third-order valence-electron chi connectivity index (χ3n) is 2.39. The second kappa shape index (κ2) is 4.72. The predicted molar refractivity (Wildman–Crippen MR) is 58.3 cm³/mol. The SMILES string of the molecule is CCC(C)[C@@H](N)c1ccnc(Br)c1. The largest absolute Gasteiger partial charge is 0.324 e. The molecule has 0 radical (unpaired) electrons. The highest BCUT2D eigenvalue weighted by atomic mass is 79.9. The van der Waals surface area contributed by atoms with Crippen LogP contribution >= 0.6 is 15.9 Å². The summed E-state index contributed by atoms with van der Waals surface area (Å²) in [4.78, 5) is 4.07. The average Bonchev–Trinajstić information content (AvgIpc) is 2.15. The molecule has 1 aromatic heterocycles. The van der Waals surface area contributed by atoms with E-state index < -0.39 is 0 Å². The molecule has 0 fully saturated rings. The summed E-state index contributed by atoms with van der Waals surface area (Å²) in [5, 5.41) is 0. The van der Waals surface area contributed by atoms with E-state index >= 15 is 0 Å². The van der Waals surface area contributed by atoms with E-state index in [1.807, 2.05) is 12.1 Å². The Bertz CT molecular complexity index is 275. The fourth-order valence-electron chi connectivity index (χ4n) is 1.21. The average molecular weight is 243 g/mol. The Kier molecular flexibility index (Phi) is 3.88. The smallest absolute Gasteiger partial charge is 0.106 e. The van der Waals surface area contributed by atoms with Gasteiger partial charge in [-0.15, -0.1) is 0 Å². The zero-order valence-corrected chi connectivity index (χ0v) is 9.58. The standard InChI is InChI=1S/C10H15BrN2/c1-3-7(2)10(12)8-4-5-13-9(11)6-8/h4-7,10H,3,12H2,1-2H3/t7?,10-/m1/s1. The van der Waals surface area contributed by atoms with Crippen LogP contribution in [-0.4, -0.2) is 4.98 Å². The summed E-state index contributed by atoms with van der Waals surface area (Å²) in [6.45, 7) is 4.32. The Morgan fingerprint density at radius 3 is 2.85 bits per heavy atom. The second-order valence-corrected chi connectivity index (χ2v) is 4.14. The normalized spacial score (nSPS) is 15.4. The van der Waals surface area contributed by atoms with Gasteiger partial charge in [0.2, 0.25) is 0 Å². The minimum atomic E-state index is 0.115. The summed E-state index contributed by atoms with van der Waals surface area (Å²) in [5.74, 6) is 0.509. The van der Waals surface area contributed by atoms with Crippen molar-refractivity contribution in [1.29, 1.82) is 0 Å². The first-order chi connectivity index (χ1) is 6.15. The van der Waals surface area contributed by atoms with Crippen molar-refractivity contribution in [2.24, 2.45) is 11.7 Å². The summed E-state index contributed by atoms with van der Waals surface area (Å²) < 4.78 is 0.851. The van der Waals surface area contributed by atoms with Gasteiger partial charge in [0.25, 0.3) is 0 Å². The van der Waals surface area contributed by atoms with E-state index in [-0.39, 0.29) is 6.04 Å². The molecule has 0 saturated heterocycles. The van der Waals surface area contributed by atoms with E-state index in [9.17, 15) is 0 Å². The van der Waals surface area contributed by atoms with Crippen LogP contribution in [0.3, 0.4) is 0 Å². The molecule has 72 valence electrons. The molecular weight excluding hydrogens is 228 g/mol. The highest BCUT2D eigenvalue weighted by Gasteiger charge is 2.12. The van der Waals surface area contributed by atoms with Crippen LogP contribution < -0.4 is 5.73 Å². The van der Waals surface area contributed by atoms with E-state index in [0.717, 1.165) is 16.6 Å². The maximum atomic E-state index is 6.07. The highest BCUT2D eigenvalue weighted by Crippen LogP contribution is 2.22. The van der Waals surface area contributed by atoms with Gasteiger partial charge in [-0.1, -0.05) is 20.3 Å². The van der Waals surface area contributed by atoms with E-state index in [0.29, 0.717) is 5.92 Å². The number of hydrogen-bond acceptors (Lipinski definition) is 2. The minimum absolute atomic E-state index is 0.115. The van der Waals surface area contributed by atoms with Gasteiger partial charge in [-0.2, -0.15) is 0 Å². The van der Waals surface area contributed by atoms with Crippen LogP contribution in [0.5, 0.6) is 0 Å². The van der Waals surface area contributed by atoms with Gasteiger partial charge in [0.05, 0.1) is 0 Å². The predicted octanol–water partition coefficient (Wildman–Crippen LogP) is 2.89. The summed E-state index contributed by atoms with van der Waals surface area (Å²) >= 11 is 3.33. The van der Waals surface area contributed by atoms with Gasteiger partial charge in [0.15, 0.2) is 0 Å². The molecule has 0 aliphatic carbocycles. The van der Waals surface area contributed by atoms with Crippen molar-refractivity contribution in [2.75, 3.05) is 0 Å². The molecule has 1 heterocycles. The molecule has 0 aromatic carbocycles. The molecule has 3 heteroatoms. The first kappa shape index (κ1) is 10.7. The first-order valence-electron chi connectivity index (χ1n) is 4.52. The number of halogens is 1. The van der Waals surface area contributed by atoms with Gasteiger partial charge < -0.3 is 5.73 Å². The van der Waals surface area contributed by atoms with Crippen LogP contribution in [-0.2, 0) is 0 Å². The van der Waals surface area contributed by atoms with E-state index in [2.05, 4.69) is 34.8 Å². The van der Waals surface area contributed by atoms with Crippen molar-refractivity contribution < 1.29 is 0 Å². The molecule has 1 aromatic rings. The van der Waals surface area contributed by atoms with Gasteiger partial charge in [0, 0.05) is 12.2 Å². The lowest BCUT2D eigenvalue weighted by Crippen LogP contribution is -2.18. The number of rotatable bonds is 3. The van der Waals surface area contributed by atoms with Crippen molar-refractivity contribution >= 4 is 15.9 Å². The Morgan fingerprint density at radius 1 is 1.62 bits per heavy atom. The number of nitrogens with two attached hydrogens (primary N) is 1. The van der Waals surface area contributed by atoms with Crippen molar-refractivity contribution in [2.45, 2.75) is 26.3 Å². The van der Waals surface area contributed by atoms with Crippen LogP contribution in [0, 0.1) is 5.92 Å². The topological polar surface area (TPSA) is 38.9 Å². The monoisotopic (exact) mass is 242 g/mol. The molecular formula is C10H15BrN2. The molecule has 2 atom stereocenters. The molecule has 13 heavy (non-hydrogen) atoms. The molecule has 1 rings (SSSR count). The Morgan fingerprint density at radius 2 is 2.31 bits per heavy atom. The van der Waals surface area contributed by atoms with Gasteiger partial charge in [-0.05, 0) is 39.5 Å². The molecule has 1 unspecified atom stereocenters. The molecule has 2 nitrogen and oxygen atoms in total. The van der Waals surface area contributed by atoms with Crippen LogP contribution in [0.25, 0.3) is 0 Å². The molecule has 0 aliphatic heterocycles. The molecule has 0 spiro atoms. The number of nitrogens with zero attached hydrogens (tertiary/aromatic N) is 1. The summed E-state index contributed by atoms with van der Waals surface area (Å²) in [5.41, 5.74) is 7.22. The van der Waals surface area contributed by atoms with Crippen LogP contribution in [0.2, 0.25) is 0 Å². The van der Waals surface area contributed by atoms with Crippen molar-refractivity contribution in [3.8, 4) is 0 Å². The maximum Gasteiger partial charge on any atom is 0.106 e. The first-order valence-corrected chi connectivity index (χ1v) is 5.31. The molecule has 0 aliphatic rings. The summed E-state index contributed by atoms with van der Waals surface area (Å²) in [6, 6.07) is 4.07. The van der Waals surface area contributed by atoms with E-state index in [1.165, 1.54) is 0 Å². The molecule has 0 amide bonds. The van der Waals surface area contributed by atoms with Gasteiger partial charge >= 0.3 is 0 Å². The van der Waals surface area contributed by atoms with Gasteiger partial charge in [-0.3, -0.25) is 0 Å². The van der Waals surface area contributed by atoms with E-state index in [4.69, 9.17) is 5.73 Å². The third-order valence-corrected chi connectivity index (χ3v) is 2.83. The zero-order chi connectivity index (χ0) is 9.84. The summed E-state index contributed by atoms with van der Waals surface area (Å²) in [6.07, 6.45) is 2.88. The number of hydrogen-bond donors (Lipinski definition) is 1. The lowest BCUT2D eigenvalue weighted by atomic mass is 9.94. The Balaban J connectivity index is 2.82. The quantitative estimate of drug-likeness (QED) is 0.829. The van der Waals surface area contributed by atoms with Gasteiger partial charge in [-0.25, -0.2) is 4.98 Å². The maximum absolute atomic E-state index is 6.07. The van der Waals surface area contributed by atoms with Crippen molar-refractivity contribution in [3.63, 3.8) is 0 Å². The van der Waals surface area contributed by atoms with Crippen molar-refractivity contribution in [3.05, 3.63) is 28.5 Å². The molecule has 0 saturated carbocycles. The van der Waals surface area contributed by atoms with Crippen LogP contribution in [0.4, 0.5) is 0 Å². The molecule has 2 N–H and O–H groups in total. The summed E-state index contributed by atoms with van der Waals surface area (Å²) in [7, 11) is 0. The van der Waals surface area contributed by atoms with Crippen molar-refractivity contribution in [1.82, 2.24) is 4.98 Å². The molecule has 0 bridgehead atoms. The Labute approximate surface area is 87.7 Å². The third kappa shape index (κ3) is 2.78. The second-order valence-electron chi connectivity index (χ2n) is 3.32. The number of aromatic nitrogens is 1. The van der Waals surface area contributed by atoms with E-state index in [1.54, 1.807) is 6.20 Å². The van der Waals surface area contributed by atoms with Gasteiger partial charge in [0.1, 0.15) is 4.60 Å². The lowest BCUT2D eigenvalue weighted by Gasteiger charge is -2.18.